The SMILES string of the molecule is CC(C)(C)C(=O)N(Cc1ccco1)C1CC1. The van der Waals surface area contributed by atoms with Gasteiger partial charge in [-0.25, -0.2) is 0 Å². The minimum Gasteiger partial charge on any atom is -0.467 e. The van der Waals surface area contributed by atoms with E-state index in [1.807, 2.05) is 37.8 Å². The molecule has 0 bridgehead atoms. The number of hydrogen-bond donors (Lipinski definition) is 0. The third-order valence-electron chi connectivity index (χ3n) is 2.80. The van der Waals surface area contributed by atoms with Crippen LogP contribution in [-0.2, 0) is 11.3 Å². The van der Waals surface area contributed by atoms with Crippen molar-refractivity contribution in [3.63, 3.8) is 0 Å². The van der Waals surface area contributed by atoms with Gasteiger partial charge in [0, 0.05) is 11.5 Å². The summed E-state index contributed by atoms with van der Waals surface area (Å²) in [5, 5.41) is 0. The number of carbonyl (C=O) groups is 1. The Morgan fingerprint density at radius 1 is 1.50 bits per heavy atom. The van der Waals surface area contributed by atoms with Crippen LogP contribution in [0, 0.1) is 5.41 Å². The molecule has 3 heteroatoms. The van der Waals surface area contributed by atoms with Crippen molar-refractivity contribution in [2.75, 3.05) is 0 Å². The van der Waals surface area contributed by atoms with Gasteiger partial charge in [-0.15, -0.1) is 0 Å². The highest BCUT2D eigenvalue weighted by atomic mass is 16.3. The molecule has 0 aliphatic heterocycles. The first kappa shape index (κ1) is 11.2. The zero-order valence-electron chi connectivity index (χ0n) is 10.2. The molecule has 2 rings (SSSR count). The van der Waals surface area contributed by atoms with E-state index in [0.29, 0.717) is 12.6 Å². The average Bonchev–Trinajstić information content (AvgIpc) is 2.90. The maximum Gasteiger partial charge on any atom is 0.228 e. The molecule has 0 atom stereocenters. The molecule has 0 unspecified atom stereocenters. The van der Waals surface area contributed by atoms with Gasteiger partial charge in [-0.1, -0.05) is 20.8 Å². The van der Waals surface area contributed by atoms with E-state index in [1.165, 1.54) is 0 Å². The number of amides is 1. The van der Waals surface area contributed by atoms with Gasteiger partial charge in [0.15, 0.2) is 0 Å². The van der Waals surface area contributed by atoms with Crippen molar-refractivity contribution in [2.24, 2.45) is 5.41 Å². The molecule has 1 heterocycles. The minimum atomic E-state index is -0.310. The molecule has 0 aromatic carbocycles. The molecular weight excluding hydrogens is 202 g/mol. The lowest BCUT2D eigenvalue weighted by Gasteiger charge is -2.28. The van der Waals surface area contributed by atoms with Gasteiger partial charge in [-0.2, -0.15) is 0 Å². The lowest BCUT2D eigenvalue weighted by Crippen LogP contribution is -2.40. The minimum absolute atomic E-state index is 0.214. The molecule has 1 saturated carbocycles. The van der Waals surface area contributed by atoms with Gasteiger partial charge in [-0.3, -0.25) is 4.79 Å². The molecule has 88 valence electrons. The van der Waals surface area contributed by atoms with E-state index in [2.05, 4.69) is 0 Å². The molecule has 1 aliphatic carbocycles. The normalized spacial score (nSPS) is 16.2. The van der Waals surface area contributed by atoms with Crippen LogP contribution in [0.25, 0.3) is 0 Å². The Morgan fingerprint density at radius 2 is 2.19 bits per heavy atom. The summed E-state index contributed by atoms with van der Waals surface area (Å²) < 4.78 is 5.31. The number of furan rings is 1. The molecule has 3 nitrogen and oxygen atoms in total. The maximum atomic E-state index is 12.3. The van der Waals surface area contributed by atoms with Crippen LogP contribution >= 0.6 is 0 Å². The van der Waals surface area contributed by atoms with Crippen LogP contribution < -0.4 is 0 Å². The molecule has 0 saturated heterocycles. The summed E-state index contributed by atoms with van der Waals surface area (Å²) in [6.45, 7) is 6.50. The first-order valence-electron chi connectivity index (χ1n) is 5.82. The molecule has 0 N–H and O–H groups in total. The zero-order valence-corrected chi connectivity index (χ0v) is 10.2. The van der Waals surface area contributed by atoms with E-state index >= 15 is 0 Å². The third kappa shape index (κ3) is 2.46. The third-order valence-corrected chi connectivity index (χ3v) is 2.80. The van der Waals surface area contributed by atoms with Crippen molar-refractivity contribution in [3.05, 3.63) is 24.2 Å². The van der Waals surface area contributed by atoms with Crippen LogP contribution in [0.5, 0.6) is 0 Å². The fourth-order valence-electron chi connectivity index (χ4n) is 1.75. The van der Waals surface area contributed by atoms with Crippen LogP contribution in [-0.4, -0.2) is 16.8 Å². The summed E-state index contributed by atoms with van der Waals surface area (Å²) in [6.07, 6.45) is 3.91. The summed E-state index contributed by atoms with van der Waals surface area (Å²) in [5.74, 6) is 1.08. The summed E-state index contributed by atoms with van der Waals surface area (Å²) in [6, 6.07) is 4.21. The Bertz CT molecular complexity index is 358. The quantitative estimate of drug-likeness (QED) is 0.786. The topological polar surface area (TPSA) is 33.5 Å². The molecule has 1 aliphatic rings. The summed E-state index contributed by atoms with van der Waals surface area (Å²) in [7, 11) is 0. The summed E-state index contributed by atoms with van der Waals surface area (Å²) in [5.41, 5.74) is -0.310. The van der Waals surface area contributed by atoms with Gasteiger partial charge in [0.25, 0.3) is 0 Å². The maximum absolute atomic E-state index is 12.3. The van der Waals surface area contributed by atoms with Crippen molar-refractivity contribution in [2.45, 2.75) is 46.2 Å². The van der Waals surface area contributed by atoms with Crippen LogP contribution in [0.4, 0.5) is 0 Å². The fraction of sp³-hybridized carbons (Fsp3) is 0.615. The fourth-order valence-corrected chi connectivity index (χ4v) is 1.75. The molecule has 0 radical (unpaired) electrons. The van der Waals surface area contributed by atoms with Crippen LogP contribution in [0.1, 0.15) is 39.4 Å². The highest BCUT2D eigenvalue weighted by Gasteiger charge is 2.37. The largest absolute Gasteiger partial charge is 0.467 e. The van der Waals surface area contributed by atoms with E-state index in [4.69, 9.17) is 4.42 Å². The first-order chi connectivity index (χ1) is 7.48. The van der Waals surface area contributed by atoms with Crippen LogP contribution in [0.2, 0.25) is 0 Å². The molecule has 16 heavy (non-hydrogen) atoms. The van der Waals surface area contributed by atoms with E-state index in [0.717, 1.165) is 18.6 Å². The highest BCUT2D eigenvalue weighted by Crippen LogP contribution is 2.32. The number of hydrogen-bond acceptors (Lipinski definition) is 2. The Hall–Kier alpha value is -1.25. The molecule has 1 aromatic heterocycles. The van der Waals surface area contributed by atoms with Crippen molar-refractivity contribution in [1.82, 2.24) is 4.90 Å². The number of carbonyl (C=O) groups excluding carboxylic acids is 1. The molecular formula is C13H19NO2. The monoisotopic (exact) mass is 221 g/mol. The van der Waals surface area contributed by atoms with Crippen molar-refractivity contribution in [1.29, 1.82) is 0 Å². The Balaban J connectivity index is 2.09. The van der Waals surface area contributed by atoms with Gasteiger partial charge in [0.05, 0.1) is 12.8 Å². The van der Waals surface area contributed by atoms with E-state index in [-0.39, 0.29) is 11.3 Å². The first-order valence-corrected chi connectivity index (χ1v) is 5.82. The summed E-state index contributed by atoms with van der Waals surface area (Å²) in [4.78, 5) is 14.2. The Labute approximate surface area is 96.4 Å². The smallest absolute Gasteiger partial charge is 0.228 e. The second kappa shape index (κ2) is 3.96. The van der Waals surface area contributed by atoms with Gasteiger partial charge in [-0.05, 0) is 25.0 Å². The molecule has 1 amide bonds. The molecule has 0 spiro atoms. The van der Waals surface area contributed by atoms with Gasteiger partial charge < -0.3 is 9.32 Å². The van der Waals surface area contributed by atoms with Crippen LogP contribution in [0.15, 0.2) is 22.8 Å². The van der Waals surface area contributed by atoms with E-state index in [1.54, 1.807) is 6.26 Å². The zero-order chi connectivity index (χ0) is 11.8. The lowest BCUT2D eigenvalue weighted by molar-refractivity contribution is -0.141. The predicted octanol–water partition coefficient (Wildman–Crippen LogP) is 2.82. The highest BCUT2D eigenvalue weighted by molar-refractivity contribution is 5.82. The number of nitrogens with zero attached hydrogens (tertiary/aromatic N) is 1. The van der Waals surface area contributed by atoms with E-state index in [9.17, 15) is 4.79 Å². The molecule has 1 aromatic rings. The second-order valence-corrected chi connectivity index (χ2v) is 5.49. The number of rotatable bonds is 3. The predicted molar refractivity (Wildman–Crippen MR) is 61.7 cm³/mol. The van der Waals surface area contributed by atoms with Crippen molar-refractivity contribution in [3.8, 4) is 0 Å². The van der Waals surface area contributed by atoms with E-state index < -0.39 is 0 Å². The van der Waals surface area contributed by atoms with Gasteiger partial charge in [0.2, 0.25) is 5.91 Å². The standard InChI is InChI=1S/C13H19NO2/c1-13(2,3)12(15)14(10-6-7-10)9-11-5-4-8-16-11/h4-5,8,10H,6-7,9H2,1-3H3. The second-order valence-electron chi connectivity index (χ2n) is 5.49. The Morgan fingerprint density at radius 3 is 2.62 bits per heavy atom. The Kier molecular flexibility index (Phi) is 2.78. The van der Waals surface area contributed by atoms with Crippen molar-refractivity contribution < 1.29 is 9.21 Å². The lowest BCUT2D eigenvalue weighted by atomic mass is 9.94. The average molecular weight is 221 g/mol. The summed E-state index contributed by atoms with van der Waals surface area (Å²) >= 11 is 0. The van der Waals surface area contributed by atoms with Crippen molar-refractivity contribution >= 4 is 5.91 Å². The van der Waals surface area contributed by atoms with Crippen LogP contribution in [0.3, 0.4) is 0 Å². The molecule has 1 fully saturated rings. The van der Waals surface area contributed by atoms with Gasteiger partial charge >= 0.3 is 0 Å². The van der Waals surface area contributed by atoms with Gasteiger partial charge in [0.1, 0.15) is 5.76 Å².